The van der Waals surface area contributed by atoms with Crippen LogP contribution in [0, 0.1) is 5.82 Å². The van der Waals surface area contributed by atoms with Crippen LogP contribution in [0.4, 0.5) is 4.39 Å². The van der Waals surface area contributed by atoms with Crippen molar-refractivity contribution in [3.8, 4) is 5.75 Å². The summed E-state index contributed by atoms with van der Waals surface area (Å²) in [4.78, 5) is 27.2. The highest BCUT2D eigenvalue weighted by Gasteiger charge is 2.11. The third-order valence-electron chi connectivity index (χ3n) is 2.96. The van der Waals surface area contributed by atoms with Gasteiger partial charge in [-0.25, -0.2) is 4.39 Å². The van der Waals surface area contributed by atoms with Gasteiger partial charge in [0.05, 0.1) is 7.11 Å². The summed E-state index contributed by atoms with van der Waals surface area (Å²) in [6.45, 7) is -0.462. The van der Waals surface area contributed by atoms with E-state index in [1.54, 1.807) is 6.07 Å². The number of amides is 1. The lowest BCUT2D eigenvalue weighted by atomic mass is 10.2. The number of benzene rings is 1. The molecule has 1 N–H and O–H groups in total. The Kier molecular flexibility index (Phi) is 6.08. The Balaban J connectivity index is 1.81. The van der Waals surface area contributed by atoms with Crippen molar-refractivity contribution in [1.29, 1.82) is 0 Å². The summed E-state index contributed by atoms with van der Waals surface area (Å²) in [5.74, 6) is -1.66. The molecular formula is C16H14ClFN2O4. The molecular weight excluding hydrogens is 339 g/mol. The van der Waals surface area contributed by atoms with E-state index in [1.165, 1.54) is 37.6 Å². The zero-order chi connectivity index (χ0) is 17.5. The lowest BCUT2D eigenvalue weighted by molar-refractivity contribution is -0.143. The number of methoxy groups -OCH3 is 1. The Hall–Kier alpha value is -2.67. The lowest BCUT2D eigenvalue weighted by Gasteiger charge is -2.08. The molecule has 2 aromatic rings. The fourth-order valence-corrected chi connectivity index (χ4v) is 1.95. The Morgan fingerprint density at radius 1 is 1.29 bits per heavy atom. The van der Waals surface area contributed by atoms with Crippen molar-refractivity contribution in [2.75, 3.05) is 13.7 Å². The summed E-state index contributed by atoms with van der Waals surface area (Å²) in [6.07, 6.45) is 1.38. The number of carbonyl (C=O) groups is 2. The lowest BCUT2D eigenvalue weighted by Crippen LogP contribution is -2.31. The Labute approximate surface area is 142 Å². The van der Waals surface area contributed by atoms with Crippen LogP contribution in [0.2, 0.25) is 5.02 Å². The predicted octanol–water partition coefficient (Wildman–Crippen LogP) is 2.36. The molecule has 0 aliphatic heterocycles. The normalized spacial score (nSPS) is 10.1. The average molecular weight is 353 g/mol. The minimum Gasteiger partial charge on any atom is -0.494 e. The van der Waals surface area contributed by atoms with Gasteiger partial charge in [-0.1, -0.05) is 17.7 Å². The van der Waals surface area contributed by atoms with Crippen molar-refractivity contribution in [3.63, 3.8) is 0 Å². The number of halogens is 2. The smallest absolute Gasteiger partial charge is 0.325 e. The van der Waals surface area contributed by atoms with Crippen LogP contribution in [0.5, 0.6) is 5.75 Å². The second-order valence-electron chi connectivity index (χ2n) is 4.67. The summed E-state index contributed by atoms with van der Waals surface area (Å²) < 4.78 is 23.3. The molecule has 0 spiro atoms. The van der Waals surface area contributed by atoms with Gasteiger partial charge < -0.3 is 14.8 Å². The minimum absolute atomic E-state index is 0.0903. The van der Waals surface area contributed by atoms with E-state index in [4.69, 9.17) is 21.1 Å². The van der Waals surface area contributed by atoms with Crippen LogP contribution in [-0.4, -0.2) is 30.5 Å². The molecule has 2 rings (SSSR count). The van der Waals surface area contributed by atoms with E-state index in [9.17, 15) is 14.0 Å². The molecule has 6 nitrogen and oxygen atoms in total. The number of pyridine rings is 1. The first-order valence-corrected chi connectivity index (χ1v) is 7.25. The molecule has 126 valence electrons. The standard InChI is InChI=1S/C16H14ClFN2O4/c1-23-14-3-2-10(6-12(14)18)9-24-15(21)8-20-16(22)13-7-11(17)4-5-19-13/h2-7H,8-9H2,1H3,(H,20,22). The molecule has 0 unspecified atom stereocenters. The van der Waals surface area contributed by atoms with Crippen molar-refractivity contribution >= 4 is 23.5 Å². The maximum Gasteiger partial charge on any atom is 0.325 e. The van der Waals surface area contributed by atoms with Gasteiger partial charge in [0, 0.05) is 11.2 Å². The zero-order valence-corrected chi connectivity index (χ0v) is 13.5. The highest BCUT2D eigenvalue weighted by molar-refractivity contribution is 6.30. The van der Waals surface area contributed by atoms with Crippen LogP contribution >= 0.6 is 11.6 Å². The minimum atomic E-state index is -0.665. The van der Waals surface area contributed by atoms with Gasteiger partial charge >= 0.3 is 5.97 Å². The summed E-state index contributed by atoms with van der Waals surface area (Å²) in [5, 5.41) is 2.72. The fourth-order valence-electron chi connectivity index (χ4n) is 1.79. The first-order valence-electron chi connectivity index (χ1n) is 6.87. The predicted molar refractivity (Wildman–Crippen MR) is 84.3 cm³/mol. The van der Waals surface area contributed by atoms with E-state index in [-0.39, 0.29) is 24.6 Å². The molecule has 1 amide bonds. The molecule has 0 saturated carbocycles. The van der Waals surface area contributed by atoms with Crippen molar-refractivity contribution < 1.29 is 23.5 Å². The molecule has 8 heteroatoms. The van der Waals surface area contributed by atoms with Crippen LogP contribution in [0.3, 0.4) is 0 Å². The second-order valence-corrected chi connectivity index (χ2v) is 5.11. The Morgan fingerprint density at radius 3 is 2.75 bits per heavy atom. The SMILES string of the molecule is COc1ccc(COC(=O)CNC(=O)c2cc(Cl)ccn2)cc1F. The van der Waals surface area contributed by atoms with E-state index in [1.807, 2.05) is 0 Å². The average Bonchev–Trinajstić information content (AvgIpc) is 2.58. The number of nitrogens with one attached hydrogen (secondary N) is 1. The summed E-state index contributed by atoms with van der Waals surface area (Å²) in [6, 6.07) is 7.12. The molecule has 0 aliphatic carbocycles. The first-order chi connectivity index (χ1) is 11.5. The Bertz CT molecular complexity index is 755. The molecule has 1 aromatic heterocycles. The van der Waals surface area contributed by atoms with Crippen molar-refractivity contribution in [3.05, 3.63) is 58.6 Å². The molecule has 24 heavy (non-hydrogen) atoms. The number of hydrogen-bond donors (Lipinski definition) is 1. The van der Waals surface area contributed by atoms with E-state index in [0.29, 0.717) is 10.6 Å². The van der Waals surface area contributed by atoms with Gasteiger partial charge in [0.25, 0.3) is 5.91 Å². The van der Waals surface area contributed by atoms with Crippen molar-refractivity contribution in [2.24, 2.45) is 0 Å². The van der Waals surface area contributed by atoms with Crippen molar-refractivity contribution in [2.45, 2.75) is 6.61 Å². The van der Waals surface area contributed by atoms with Gasteiger partial charge in [-0.3, -0.25) is 14.6 Å². The fraction of sp³-hybridized carbons (Fsp3) is 0.188. The zero-order valence-electron chi connectivity index (χ0n) is 12.7. The number of carbonyl (C=O) groups excluding carboxylic acids is 2. The molecule has 1 heterocycles. The van der Waals surface area contributed by atoms with Crippen molar-refractivity contribution in [1.82, 2.24) is 10.3 Å². The van der Waals surface area contributed by atoms with Crippen LogP contribution in [0.1, 0.15) is 16.1 Å². The monoisotopic (exact) mass is 352 g/mol. The van der Waals surface area contributed by atoms with E-state index >= 15 is 0 Å². The molecule has 0 saturated heterocycles. The topological polar surface area (TPSA) is 77.5 Å². The van der Waals surface area contributed by atoms with Gasteiger partial charge in [0.15, 0.2) is 11.6 Å². The summed E-state index contributed by atoms with van der Waals surface area (Å²) in [7, 11) is 1.36. The first kappa shape index (κ1) is 17.7. The molecule has 0 atom stereocenters. The van der Waals surface area contributed by atoms with Gasteiger partial charge in [-0.2, -0.15) is 0 Å². The van der Waals surface area contributed by atoms with Crippen LogP contribution in [0.15, 0.2) is 36.5 Å². The number of hydrogen-bond acceptors (Lipinski definition) is 5. The van der Waals surface area contributed by atoms with Crippen LogP contribution in [0.25, 0.3) is 0 Å². The number of ether oxygens (including phenoxy) is 2. The quantitative estimate of drug-likeness (QED) is 0.807. The number of aromatic nitrogens is 1. The van der Waals surface area contributed by atoms with Crippen LogP contribution < -0.4 is 10.1 Å². The summed E-state index contributed by atoms with van der Waals surface area (Å²) >= 11 is 5.75. The molecule has 0 bridgehead atoms. The van der Waals surface area contributed by atoms with E-state index < -0.39 is 17.7 Å². The molecule has 1 aromatic carbocycles. The van der Waals surface area contributed by atoms with Crippen LogP contribution in [-0.2, 0) is 16.1 Å². The van der Waals surface area contributed by atoms with Gasteiger partial charge in [0.1, 0.15) is 18.8 Å². The van der Waals surface area contributed by atoms with E-state index in [2.05, 4.69) is 10.3 Å². The Morgan fingerprint density at radius 2 is 2.08 bits per heavy atom. The molecule has 0 fully saturated rings. The highest BCUT2D eigenvalue weighted by atomic mass is 35.5. The third kappa shape index (κ3) is 4.92. The highest BCUT2D eigenvalue weighted by Crippen LogP contribution is 2.18. The maximum atomic E-state index is 13.5. The number of esters is 1. The summed E-state index contributed by atoms with van der Waals surface area (Å²) in [5.41, 5.74) is 0.553. The maximum absolute atomic E-state index is 13.5. The molecule has 0 radical (unpaired) electrons. The number of rotatable bonds is 6. The largest absolute Gasteiger partial charge is 0.494 e. The molecule has 0 aliphatic rings. The third-order valence-corrected chi connectivity index (χ3v) is 3.20. The van der Waals surface area contributed by atoms with E-state index in [0.717, 1.165) is 0 Å². The van der Waals surface area contributed by atoms with Gasteiger partial charge in [0.2, 0.25) is 0 Å². The second kappa shape index (κ2) is 8.26. The van der Waals surface area contributed by atoms with Gasteiger partial charge in [-0.15, -0.1) is 0 Å². The van der Waals surface area contributed by atoms with Gasteiger partial charge in [-0.05, 0) is 29.8 Å². The number of nitrogens with zero attached hydrogens (tertiary/aromatic N) is 1.